The zero-order valence-electron chi connectivity index (χ0n) is 13.8. The molecule has 0 atom stereocenters. The lowest BCUT2D eigenvalue weighted by atomic mass is 10.2. The van der Waals surface area contributed by atoms with Crippen molar-refractivity contribution in [2.24, 2.45) is 0 Å². The van der Waals surface area contributed by atoms with Gasteiger partial charge in [-0.1, -0.05) is 42.8 Å². The molecule has 0 amide bonds. The summed E-state index contributed by atoms with van der Waals surface area (Å²) in [7, 11) is 0. The number of hydrogen-bond donors (Lipinski definition) is 1. The lowest BCUT2D eigenvalue weighted by Crippen LogP contribution is -2.10. The average Bonchev–Trinajstić information content (AvgIpc) is 2.52. The van der Waals surface area contributed by atoms with E-state index >= 15 is 0 Å². The lowest BCUT2D eigenvalue weighted by molar-refractivity contribution is 0.310. The molecule has 0 aliphatic carbocycles. The van der Waals surface area contributed by atoms with Crippen molar-refractivity contribution >= 4 is 11.8 Å². The number of rotatable bonds is 9. The fourth-order valence-electron chi connectivity index (χ4n) is 2.13. The molecule has 1 aromatic carbocycles. The Morgan fingerprint density at radius 3 is 2.74 bits per heavy atom. The maximum atomic E-state index is 11.6. The number of unbranched alkanes of at least 4 members (excludes halogenated alkanes) is 1. The van der Waals surface area contributed by atoms with E-state index in [1.165, 1.54) is 5.56 Å². The molecule has 23 heavy (non-hydrogen) atoms. The summed E-state index contributed by atoms with van der Waals surface area (Å²) in [6.07, 6.45) is 3.86. The molecule has 0 saturated heterocycles. The van der Waals surface area contributed by atoms with Crippen LogP contribution in [0, 0.1) is 6.92 Å². The summed E-state index contributed by atoms with van der Waals surface area (Å²) in [6, 6.07) is 9.69. The van der Waals surface area contributed by atoms with Crippen LogP contribution in [-0.4, -0.2) is 22.3 Å². The highest BCUT2D eigenvalue weighted by molar-refractivity contribution is 7.99. The van der Waals surface area contributed by atoms with Crippen molar-refractivity contribution in [2.45, 2.75) is 44.7 Å². The van der Waals surface area contributed by atoms with Crippen LogP contribution in [0.25, 0.3) is 0 Å². The van der Waals surface area contributed by atoms with Gasteiger partial charge in [-0.25, -0.2) is 4.98 Å². The smallest absolute Gasteiger partial charge is 0.251 e. The Hall–Kier alpha value is -1.75. The Morgan fingerprint density at radius 2 is 2.00 bits per heavy atom. The molecular weight excluding hydrogens is 308 g/mol. The van der Waals surface area contributed by atoms with Gasteiger partial charge in [0.15, 0.2) is 5.16 Å². The Bertz CT molecular complexity index is 653. The van der Waals surface area contributed by atoms with Gasteiger partial charge in [0, 0.05) is 17.5 Å². The highest BCUT2D eigenvalue weighted by atomic mass is 32.2. The van der Waals surface area contributed by atoms with Crippen LogP contribution >= 0.6 is 11.8 Å². The first-order chi connectivity index (χ1) is 11.2. The van der Waals surface area contributed by atoms with Gasteiger partial charge in [0.1, 0.15) is 5.75 Å². The van der Waals surface area contributed by atoms with Crippen LogP contribution in [0.5, 0.6) is 5.75 Å². The highest BCUT2D eigenvalue weighted by Gasteiger charge is 2.02. The van der Waals surface area contributed by atoms with E-state index in [-0.39, 0.29) is 5.56 Å². The third kappa shape index (κ3) is 6.48. The van der Waals surface area contributed by atoms with Gasteiger partial charge >= 0.3 is 0 Å². The van der Waals surface area contributed by atoms with E-state index in [2.05, 4.69) is 35.9 Å². The molecule has 4 nitrogen and oxygen atoms in total. The number of H-pyrrole nitrogens is 1. The second kappa shape index (κ2) is 9.40. The molecule has 0 saturated carbocycles. The number of hydrogen-bond acceptors (Lipinski definition) is 4. The quantitative estimate of drug-likeness (QED) is 0.429. The number of nitrogens with one attached hydrogen (secondary N) is 1. The van der Waals surface area contributed by atoms with Crippen molar-refractivity contribution in [2.75, 3.05) is 12.4 Å². The minimum atomic E-state index is -0.0614. The number of aromatic nitrogens is 2. The largest absolute Gasteiger partial charge is 0.494 e. The highest BCUT2D eigenvalue weighted by Crippen LogP contribution is 2.15. The van der Waals surface area contributed by atoms with Gasteiger partial charge in [-0.3, -0.25) is 4.79 Å². The molecule has 124 valence electrons. The normalized spacial score (nSPS) is 10.7. The number of thioether (sulfide) groups is 1. The first kappa shape index (κ1) is 17.6. The summed E-state index contributed by atoms with van der Waals surface area (Å²) in [5, 5.41) is 0.723. The van der Waals surface area contributed by atoms with Crippen LogP contribution < -0.4 is 10.3 Å². The van der Waals surface area contributed by atoms with E-state index in [1.54, 1.807) is 17.8 Å². The summed E-state index contributed by atoms with van der Waals surface area (Å²) in [6.45, 7) is 4.86. The molecule has 0 radical (unpaired) electrons. The maximum absolute atomic E-state index is 11.6. The predicted molar refractivity (Wildman–Crippen MR) is 95.5 cm³/mol. The van der Waals surface area contributed by atoms with Crippen molar-refractivity contribution < 1.29 is 4.74 Å². The van der Waals surface area contributed by atoms with E-state index < -0.39 is 0 Å². The van der Waals surface area contributed by atoms with E-state index in [9.17, 15) is 4.79 Å². The zero-order valence-corrected chi connectivity index (χ0v) is 14.6. The Balaban J connectivity index is 1.67. The number of aromatic amines is 1. The van der Waals surface area contributed by atoms with Crippen molar-refractivity contribution in [3.8, 4) is 5.75 Å². The monoisotopic (exact) mass is 332 g/mol. The van der Waals surface area contributed by atoms with E-state index in [1.807, 2.05) is 12.1 Å². The van der Waals surface area contributed by atoms with Gasteiger partial charge in [-0.15, -0.1) is 0 Å². The number of nitrogens with zero attached hydrogens (tertiary/aromatic N) is 1. The molecule has 5 heteroatoms. The van der Waals surface area contributed by atoms with Gasteiger partial charge in [0.25, 0.3) is 5.56 Å². The Morgan fingerprint density at radius 1 is 1.22 bits per heavy atom. The Labute approximate surface area is 141 Å². The minimum absolute atomic E-state index is 0.0614. The molecular formula is C18H24N2O2S. The topological polar surface area (TPSA) is 55.0 Å². The van der Waals surface area contributed by atoms with Crippen LogP contribution in [0.1, 0.15) is 37.4 Å². The number of benzene rings is 1. The second-order valence-electron chi connectivity index (χ2n) is 5.51. The van der Waals surface area contributed by atoms with Gasteiger partial charge in [0.05, 0.1) is 6.61 Å². The standard InChI is InChI=1S/C18H24N2O2S/c1-3-6-15-13-17(21)20-18(19-15)23-12-5-4-11-22-16-9-7-14(2)8-10-16/h7-10,13H,3-6,11-12H2,1-2H3,(H,19,20,21). The molecule has 0 aliphatic heterocycles. The van der Waals surface area contributed by atoms with E-state index in [0.717, 1.165) is 48.0 Å². The molecule has 1 heterocycles. The SMILES string of the molecule is CCCc1cc(=O)[nH]c(SCCCCOc2ccc(C)cc2)n1. The summed E-state index contributed by atoms with van der Waals surface area (Å²) in [5.74, 6) is 1.84. The Kier molecular flexibility index (Phi) is 7.20. The second-order valence-corrected chi connectivity index (χ2v) is 6.59. The first-order valence-corrected chi connectivity index (χ1v) is 9.08. The fraction of sp³-hybridized carbons (Fsp3) is 0.444. The van der Waals surface area contributed by atoms with Crippen LogP contribution in [0.2, 0.25) is 0 Å². The molecule has 0 bridgehead atoms. The summed E-state index contributed by atoms with van der Waals surface area (Å²) < 4.78 is 5.70. The van der Waals surface area contributed by atoms with Crippen LogP contribution in [0.3, 0.4) is 0 Å². The molecule has 0 unspecified atom stereocenters. The van der Waals surface area contributed by atoms with Crippen molar-refractivity contribution in [3.05, 3.63) is 51.9 Å². The molecule has 2 rings (SSSR count). The van der Waals surface area contributed by atoms with Crippen LogP contribution in [0.4, 0.5) is 0 Å². The first-order valence-electron chi connectivity index (χ1n) is 8.10. The summed E-state index contributed by atoms with van der Waals surface area (Å²) >= 11 is 1.60. The fourth-order valence-corrected chi connectivity index (χ4v) is 3.03. The average molecular weight is 332 g/mol. The number of ether oxygens (including phenoxy) is 1. The molecule has 0 spiro atoms. The zero-order chi connectivity index (χ0) is 16.5. The summed E-state index contributed by atoms with van der Waals surface area (Å²) in [5.41, 5.74) is 2.05. The number of aryl methyl sites for hydroxylation is 2. The molecule has 0 aliphatic rings. The molecule has 1 aromatic heterocycles. The summed E-state index contributed by atoms with van der Waals surface area (Å²) in [4.78, 5) is 18.8. The van der Waals surface area contributed by atoms with E-state index in [0.29, 0.717) is 6.61 Å². The lowest BCUT2D eigenvalue weighted by Gasteiger charge is -2.06. The third-order valence-corrected chi connectivity index (χ3v) is 4.31. The minimum Gasteiger partial charge on any atom is -0.494 e. The van der Waals surface area contributed by atoms with Crippen molar-refractivity contribution in [1.29, 1.82) is 0 Å². The van der Waals surface area contributed by atoms with Gasteiger partial charge in [-0.2, -0.15) is 0 Å². The molecule has 0 fully saturated rings. The van der Waals surface area contributed by atoms with Crippen LogP contribution in [-0.2, 0) is 6.42 Å². The van der Waals surface area contributed by atoms with Crippen LogP contribution in [0.15, 0.2) is 40.3 Å². The molecule has 2 aromatic rings. The van der Waals surface area contributed by atoms with Gasteiger partial charge in [0.2, 0.25) is 0 Å². The molecule has 1 N–H and O–H groups in total. The predicted octanol–water partition coefficient (Wildman–Crippen LogP) is 3.98. The van der Waals surface area contributed by atoms with Gasteiger partial charge < -0.3 is 9.72 Å². The maximum Gasteiger partial charge on any atom is 0.251 e. The van der Waals surface area contributed by atoms with Crippen molar-refractivity contribution in [1.82, 2.24) is 9.97 Å². The third-order valence-electron chi connectivity index (χ3n) is 3.35. The van der Waals surface area contributed by atoms with E-state index in [4.69, 9.17) is 4.74 Å². The van der Waals surface area contributed by atoms with Gasteiger partial charge in [-0.05, 0) is 38.3 Å². The van der Waals surface area contributed by atoms with Crippen molar-refractivity contribution in [3.63, 3.8) is 0 Å².